The number of fused-ring (bicyclic) bond motifs is 1. The molecular weight excluding hydrogens is 344 g/mol. The number of nitrogens with two attached hydrogens (primary N) is 1. The van der Waals surface area contributed by atoms with Gasteiger partial charge in [0.25, 0.3) is 0 Å². The summed E-state index contributed by atoms with van der Waals surface area (Å²) < 4.78 is 0. The average molecular weight is 391 g/mol. The molecule has 3 saturated carbocycles. The van der Waals surface area contributed by atoms with Crippen LogP contribution in [0.5, 0.6) is 0 Å². The SMILES string of the molecule is CC1CCCCC1CN1CNC2CCC(C3CCC(CNCCN)CC3)CC21. The fourth-order valence-electron chi connectivity index (χ4n) is 7.04. The van der Waals surface area contributed by atoms with Crippen molar-refractivity contribution >= 4 is 0 Å². The molecule has 1 saturated heterocycles. The molecule has 4 rings (SSSR count). The molecule has 0 bridgehead atoms. The van der Waals surface area contributed by atoms with Crippen LogP contribution in [-0.4, -0.2) is 49.8 Å². The monoisotopic (exact) mass is 390 g/mol. The van der Waals surface area contributed by atoms with E-state index in [1.807, 2.05) is 0 Å². The van der Waals surface area contributed by atoms with Crippen molar-refractivity contribution in [3.8, 4) is 0 Å². The number of hydrogen-bond acceptors (Lipinski definition) is 4. The summed E-state index contributed by atoms with van der Waals surface area (Å²) in [5.74, 6) is 4.78. The van der Waals surface area contributed by atoms with Crippen LogP contribution in [0, 0.1) is 29.6 Å². The predicted octanol–water partition coefficient (Wildman–Crippen LogP) is 3.57. The second-order valence-electron chi connectivity index (χ2n) is 10.7. The summed E-state index contributed by atoms with van der Waals surface area (Å²) in [6.45, 7) is 7.97. The maximum Gasteiger partial charge on any atom is 0.0486 e. The molecule has 162 valence electrons. The van der Waals surface area contributed by atoms with Crippen LogP contribution in [0.1, 0.15) is 77.6 Å². The molecule has 0 amide bonds. The number of nitrogens with one attached hydrogen (secondary N) is 2. The van der Waals surface area contributed by atoms with Gasteiger partial charge in [0, 0.05) is 38.4 Å². The van der Waals surface area contributed by atoms with Crippen molar-refractivity contribution in [2.24, 2.45) is 35.3 Å². The Morgan fingerprint density at radius 1 is 0.964 bits per heavy atom. The van der Waals surface area contributed by atoms with E-state index in [0.29, 0.717) is 0 Å². The third kappa shape index (κ3) is 5.11. The Morgan fingerprint density at radius 3 is 2.54 bits per heavy atom. The minimum absolute atomic E-state index is 0.768. The fourth-order valence-corrected chi connectivity index (χ4v) is 7.04. The Balaban J connectivity index is 1.25. The van der Waals surface area contributed by atoms with Gasteiger partial charge in [0.15, 0.2) is 0 Å². The van der Waals surface area contributed by atoms with Gasteiger partial charge in [-0.25, -0.2) is 0 Å². The summed E-state index contributed by atoms with van der Waals surface area (Å²) in [7, 11) is 0. The zero-order valence-corrected chi connectivity index (χ0v) is 18.4. The van der Waals surface area contributed by atoms with E-state index in [-0.39, 0.29) is 0 Å². The first-order chi connectivity index (χ1) is 13.7. The van der Waals surface area contributed by atoms with E-state index < -0.39 is 0 Å². The molecule has 4 N–H and O–H groups in total. The third-order valence-electron chi connectivity index (χ3n) is 8.95. The zero-order chi connectivity index (χ0) is 19.3. The molecule has 5 unspecified atom stereocenters. The van der Waals surface area contributed by atoms with E-state index in [1.54, 1.807) is 0 Å². The average Bonchev–Trinajstić information content (AvgIpc) is 3.12. The first kappa shape index (κ1) is 21.1. The molecule has 0 spiro atoms. The summed E-state index contributed by atoms with van der Waals surface area (Å²) in [6.07, 6.45) is 16.1. The molecule has 4 heteroatoms. The molecule has 1 heterocycles. The van der Waals surface area contributed by atoms with Crippen LogP contribution in [0.2, 0.25) is 0 Å². The fraction of sp³-hybridized carbons (Fsp3) is 1.00. The summed E-state index contributed by atoms with van der Waals surface area (Å²) in [5.41, 5.74) is 5.61. The van der Waals surface area contributed by atoms with Gasteiger partial charge in [-0.05, 0) is 87.5 Å². The number of nitrogens with zero attached hydrogens (tertiary/aromatic N) is 1. The second kappa shape index (κ2) is 10.2. The van der Waals surface area contributed by atoms with Gasteiger partial charge in [-0.1, -0.05) is 26.2 Å². The molecule has 0 aromatic heterocycles. The standard InChI is InChI=1S/C24H46N4/c1-18-4-2-3-5-22(18)16-28-17-27-23-11-10-21(14-24(23)28)20-8-6-19(7-9-20)15-26-13-12-25/h18-24,26-27H,2-17,25H2,1H3. The Kier molecular flexibility index (Phi) is 7.71. The lowest BCUT2D eigenvalue weighted by Crippen LogP contribution is -2.45. The van der Waals surface area contributed by atoms with Crippen LogP contribution in [0.15, 0.2) is 0 Å². The van der Waals surface area contributed by atoms with E-state index in [9.17, 15) is 0 Å². The van der Waals surface area contributed by atoms with Crippen molar-refractivity contribution in [3.63, 3.8) is 0 Å². The highest BCUT2D eigenvalue weighted by atomic mass is 15.3. The smallest absolute Gasteiger partial charge is 0.0486 e. The van der Waals surface area contributed by atoms with Crippen molar-refractivity contribution < 1.29 is 0 Å². The van der Waals surface area contributed by atoms with Gasteiger partial charge >= 0.3 is 0 Å². The van der Waals surface area contributed by atoms with E-state index >= 15 is 0 Å². The van der Waals surface area contributed by atoms with E-state index in [1.165, 1.54) is 83.7 Å². The lowest BCUT2D eigenvalue weighted by Gasteiger charge is -2.42. The van der Waals surface area contributed by atoms with Gasteiger partial charge in [-0.3, -0.25) is 10.2 Å². The molecule has 28 heavy (non-hydrogen) atoms. The summed E-state index contributed by atoms with van der Waals surface area (Å²) >= 11 is 0. The minimum Gasteiger partial charge on any atom is -0.329 e. The van der Waals surface area contributed by atoms with Crippen LogP contribution in [0.4, 0.5) is 0 Å². The Morgan fingerprint density at radius 2 is 1.75 bits per heavy atom. The lowest BCUT2D eigenvalue weighted by atomic mass is 9.69. The highest BCUT2D eigenvalue weighted by Gasteiger charge is 2.42. The van der Waals surface area contributed by atoms with Gasteiger partial charge in [0.05, 0.1) is 0 Å². The Labute approximate surface area is 173 Å². The van der Waals surface area contributed by atoms with Crippen molar-refractivity contribution in [2.45, 2.75) is 89.6 Å². The Bertz CT molecular complexity index is 462. The van der Waals surface area contributed by atoms with Crippen molar-refractivity contribution in [1.82, 2.24) is 15.5 Å². The Hall–Kier alpha value is -0.160. The van der Waals surface area contributed by atoms with Crippen molar-refractivity contribution in [2.75, 3.05) is 32.8 Å². The van der Waals surface area contributed by atoms with Gasteiger partial charge in [-0.2, -0.15) is 0 Å². The zero-order valence-electron chi connectivity index (χ0n) is 18.4. The van der Waals surface area contributed by atoms with Crippen LogP contribution in [0.25, 0.3) is 0 Å². The number of hydrogen-bond donors (Lipinski definition) is 3. The van der Waals surface area contributed by atoms with Gasteiger partial charge in [0.2, 0.25) is 0 Å². The maximum atomic E-state index is 5.61. The lowest BCUT2D eigenvalue weighted by molar-refractivity contribution is 0.0886. The van der Waals surface area contributed by atoms with E-state index in [0.717, 1.165) is 61.4 Å². The normalized spacial score (nSPS) is 42.4. The van der Waals surface area contributed by atoms with Crippen molar-refractivity contribution in [1.29, 1.82) is 0 Å². The quantitative estimate of drug-likeness (QED) is 0.582. The molecular formula is C24H46N4. The van der Waals surface area contributed by atoms with Crippen LogP contribution >= 0.6 is 0 Å². The summed E-state index contributed by atoms with van der Waals surface area (Å²) in [4.78, 5) is 2.87. The molecule has 4 nitrogen and oxygen atoms in total. The van der Waals surface area contributed by atoms with Crippen molar-refractivity contribution in [3.05, 3.63) is 0 Å². The molecule has 0 aromatic carbocycles. The van der Waals surface area contributed by atoms with Crippen LogP contribution in [-0.2, 0) is 0 Å². The molecule has 4 aliphatic rings. The molecule has 5 atom stereocenters. The highest BCUT2D eigenvalue weighted by molar-refractivity contribution is 4.98. The molecule has 0 aromatic rings. The van der Waals surface area contributed by atoms with Gasteiger partial charge in [0.1, 0.15) is 0 Å². The summed E-state index contributed by atoms with van der Waals surface area (Å²) in [5, 5.41) is 7.42. The predicted molar refractivity (Wildman–Crippen MR) is 118 cm³/mol. The van der Waals surface area contributed by atoms with Gasteiger partial charge in [-0.15, -0.1) is 0 Å². The first-order valence-electron chi connectivity index (χ1n) is 12.6. The summed E-state index contributed by atoms with van der Waals surface area (Å²) in [6, 6.07) is 1.61. The maximum absolute atomic E-state index is 5.61. The second-order valence-corrected chi connectivity index (χ2v) is 10.7. The first-order valence-corrected chi connectivity index (χ1v) is 12.6. The highest BCUT2D eigenvalue weighted by Crippen LogP contribution is 2.42. The number of rotatable bonds is 7. The molecule has 0 radical (unpaired) electrons. The van der Waals surface area contributed by atoms with Crippen LogP contribution in [0.3, 0.4) is 0 Å². The molecule has 1 aliphatic heterocycles. The van der Waals surface area contributed by atoms with E-state index in [4.69, 9.17) is 5.73 Å². The topological polar surface area (TPSA) is 53.3 Å². The minimum atomic E-state index is 0.768. The van der Waals surface area contributed by atoms with Gasteiger partial charge < -0.3 is 11.1 Å². The van der Waals surface area contributed by atoms with Crippen LogP contribution < -0.4 is 16.4 Å². The largest absolute Gasteiger partial charge is 0.329 e. The molecule has 3 aliphatic carbocycles. The molecule has 4 fully saturated rings. The third-order valence-corrected chi connectivity index (χ3v) is 8.95. The van der Waals surface area contributed by atoms with E-state index in [2.05, 4.69) is 22.5 Å².